The van der Waals surface area contributed by atoms with E-state index in [1.807, 2.05) is 30.9 Å². The van der Waals surface area contributed by atoms with Gasteiger partial charge in [-0.15, -0.1) is 0 Å². The number of rotatable bonds is 6. The van der Waals surface area contributed by atoms with Crippen LogP contribution in [0.5, 0.6) is 5.75 Å². The molecule has 4 nitrogen and oxygen atoms in total. The Bertz CT molecular complexity index is 456. The van der Waals surface area contributed by atoms with Crippen molar-refractivity contribution < 1.29 is 14.6 Å². The van der Waals surface area contributed by atoms with Gasteiger partial charge in [0.15, 0.2) is 0 Å². The normalized spacial score (nSPS) is 18.4. The molecule has 0 radical (unpaired) electrons. The maximum Gasteiger partial charge on any atom is 0.223 e. The number of carbonyl (C=O) groups is 1. The molecule has 0 bridgehead atoms. The van der Waals surface area contributed by atoms with E-state index < -0.39 is 0 Å². The van der Waals surface area contributed by atoms with Crippen molar-refractivity contribution in [3.8, 4) is 5.75 Å². The van der Waals surface area contributed by atoms with Crippen molar-refractivity contribution in [3.05, 3.63) is 29.8 Å². The van der Waals surface area contributed by atoms with Gasteiger partial charge in [-0.1, -0.05) is 12.1 Å². The van der Waals surface area contributed by atoms with Crippen molar-refractivity contribution in [1.82, 2.24) is 4.90 Å². The molecule has 116 valence electrons. The van der Waals surface area contributed by atoms with Gasteiger partial charge < -0.3 is 14.7 Å². The molecule has 1 fully saturated rings. The van der Waals surface area contributed by atoms with Gasteiger partial charge in [0.05, 0.1) is 12.1 Å². The maximum atomic E-state index is 12.4. The topological polar surface area (TPSA) is 49.8 Å². The molecule has 0 unspecified atom stereocenters. The standard InChI is InChI=1S/C17H25NO3/c1-13(2)21-12-4-6-17(20)18-11-3-5-16(18)14-7-9-15(19)10-8-14/h7-10,13,16,19H,3-6,11-12H2,1-2H3/t16-/m1/s1. The zero-order valence-corrected chi connectivity index (χ0v) is 12.9. The number of benzene rings is 1. The van der Waals surface area contributed by atoms with Crippen molar-refractivity contribution in [2.24, 2.45) is 0 Å². The van der Waals surface area contributed by atoms with E-state index >= 15 is 0 Å². The molecule has 0 spiro atoms. The lowest BCUT2D eigenvalue weighted by Crippen LogP contribution is -2.30. The Kier molecular flexibility index (Phi) is 5.62. The highest BCUT2D eigenvalue weighted by Crippen LogP contribution is 2.33. The quantitative estimate of drug-likeness (QED) is 0.818. The average molecular weight is 291 g/mol. The first-order valence-corrected chi connectivity index (χ1v) is 7.78. The van der Waals surface area contributed by atoms with Crippen LogP contribution in [0.25, 0.3) is 0 Å². The molecular formula is C17H25NO3. The van der Waals surface area contributed by atoms with Crippen molar-refractivity contribution >= 4 is 5.91 Å². The molecule has 1 heterocycles. The van der Waals surface area contributed by atoms with Crippen LogP contribution in [-0.2, 0) is 9.53 Å². The predicted molar refractivity (Wildman–Crippen MR) is 82.1 cm³/mol. The summed E-state index contributed by atoms with van der Waals surface area (Å²) in [5.41, 5.74) is 1.11. The van der Waals surface area contributed by atoms with Crippen LogP contribution < -0.4 is 0 Å². The summed E-state index contributed by atoms with van der Waals surface area (Å²) >= 11 is 0. The third kappa shape index (κ3) is 4.46. The van der Waals surface area contributed by atoms with Gasteiger partial charge in [0, 0.05) is 19.6 Å². The number of phenolic OH excluding ortho intramolecular Hbond substituents is 1. The molecule has 4 heteroatoms. The summed E-state index contributed by atoms with van der Waals surface area (Å²) in [5, 5.41) is 9.37. The highest BCUT2D eigenvalue weighted by atomic mass is 16.5. The minimum Gasteiger partial charge on any atom is -0.508 e. The lowest BCUT2D eigenvalue weighted by atomic mass is 10.0. The summed E-state index contributed by atoms with van der Waals surface area (Å²) in [7, 11) is 0. The number of hydrogen-bond acceptors (Lipinski definition) is 3. The second kappa shape index (κ2) is 7.46. The Labute approximate surface area is 126 Å². The van der Waals surface area contributed by atoms with E-state index in [1.165, 1.54) is 0 Å². The number of phenols is 1. The largest absolute Gasteiger partial charge is 0.508 e. The third-order valence-electron chi connectivity index (χ3n) is 3.84. The van der Waals surface area contributed by atoms with E-state index in [4.69, 9.17) is 4.74 Å². The minimum absolute atomic E-state index is 0.157. The maximum absolute atomic E-state index is 12.4. The lowest BCUT2D eigenvalue weighted by molar-refractivity contribution is -0.132. The molecule has 1 aliphatic rings. The molecule has 21 heavy (non-hydrogen) atoms. The van der Waals surface area contributed by atoms with Gasteiger partial charge in [-0.25, -0.2) is 0 Å². The van der Waals surface area contributed by atoms with Crippen LogP contribution in [0.3, 0.4) is 0 Å². The Morgan fingerprint density at radius 2 is 2.10 bits per heavy atom. The second-order valence-corrected chi connectivity index (χ2v) is 5.86. The van der Waals surface area contributed by atoms with Crippen molar-refractivity contribution in [1.29, 1.82) is 0 Å². The Morgan fingerprint density at radius 3 is 2.76 bits per heavy atom. The molecule has 1 N–H and O–H groups in total. The average Bonchev–Trinajstić information content (AvgIpc) is 2.93. The molecule has 0 saturated carbocycles. The van der Waals surface area contributed by atoms with Gasteiger partial charge in [0.2, 0.25) is 5.91 Å². The van der Waals surface area contributed by atoms with Crippen LogP contribution >= 0.6 is 0 Å². The fourth-order valence-corrected chi connectivity index (χ4v) is 2.79. The Hall–Kier alpha value is -1.55. The Morgan fingerprint density at radius 1 is 1.38 bits per heavy atom. The summed E-state index contributed by atoms with van der Waals surface area (Å²) in [6.07, 6.45) is 3.58. The minimum atomic E-state index is 0.157. The van der Waals surface area contributed by atoms with Crippen LogP contribution in [0.4, 0.5) is 0 Å². The summed E-state index contributed by atoms with van der Waals surface area (Å²) in [4.78, 5) is 14.3. The first-order chi connectivity index (χ1) is 10.1. The summed E-state index contributed by atoms with van der Waals surface area (Å²) in [6.45, 7) is 5.48. The fourth-order valence-electron chi connectivity index (χ4n) is 2.79. The van der Waals surface area contributed by atoms with Crippen LogP contribution in [-0.4, -0.2) is 35.2 Å². The predicted octanol–water partition coefficient (Wildman–Crippen LogP) is 3.26. The van der Waals surface area contributed by atoms with E-state index in [-0.39, 0.29) is 23.8 Å². The highest BCUT2D eigenvalue weighted by Gasteiger charge is 2.29. The molecule has 0 aromatic heterocycles. The van der Waals surface area contributed by atoms with Crippen LogP contribution in [0, 0.1) is 0 Å². The van der Waals surface area contributed by atoms with Gasteiger partial charge in [-0.2, -0.15) is 0 Å². The summed E-state index contributed by atoms with van der Waals surface area (Å²) in [6, 6.07) is 7.35. The molecule has 1 amide bonds. The molecular weight excluding hydrogens is 266 g/mol. The first kappa shape index (κ1) is 15.8. The van der Waals surface area contributed by atoms with Gasteiger partial charge in [0.1, 0.15) is 5.75 Å². The lowest BCUT2D eigenvalue weighted by Gasteiger charge is -2.25. The summed E-state index contributed by atoms with van der Waals surface area (Å²) in [5.74, 6) is 0.471. The van der Waals surface area contributed by atoms with Gasteiger partial charge >= 0.3 is 0 Å². The summed E-state index contributed by atoms with van der Waals surface area (Å²) < 4.78 is 5.48. The van der Waals surface area contributed by atoms with Crippen molar-refractivity contribution in [2.75, 3.05) is 13.2 Å². The number of likely N-dealkylation sites (tertiary alicyclic amines) is 1. The second-order valence-electron chi connectivity index (χ2n) is 5.86. The van der Waals surface area contributed by atoms with E-state index in [9.17, 15) is 9.90 Å². The molecule has 1 atom stereocenters. The zero-order chi connectivity index (χ0) is 15.2. The number of aromatic hydroxyl groups is 1. The number of ether oxygens (including phenoxy) is 1. The van der Waals surface area contributed by atoms with E-state index in [0.717, 1.165) is 31.4 Å². The van der Waals surface area contributed by atoms with E-state index in [0.29, 0.717) is 13.0 Å². The molecule has 0 aliphatic carbocycles. The van der Waals surface area contributed by atoms with E-state index in [1.54, 1.807) is 12.1 Å². The molecule has 1 aliphatic heterocycles. The van der Waals surface area contributed by atoms with Gasteiger partial charge in [-0.05, 0) is 50.8 Å². The monoisotopic (exact) mass is 291 g/mol. The highest BCUT2D eigenvalue weighted by molar-refractivity contribution is 5.77. The zero-order valence-electron chi connectivity index (χ0n) is 12.9. The Balaban J connectivity index is 1.89. The molecule has 1 aromatic rings. The van der Waals surface area contributed by atoms with Crippen molar-refractivity contribution in [2.45, 2.75) is 51.7 Å². The number of nitrogens with zero attached hydrogens (tertiary/aromatic N) is 1. The molecule has 2 rings (SSSR count). The van der Waals surface area contributed by atoms with Gasteiger partial charge in [-0.3, -0.25) is 4.79 Å². The number of amides is 1. The molecule has 1 saturated heterocycles. The molecule has 1 aromatic carbocycles. The van der Waals surface area contributed by atoms with Gasteiger partial charge in [0.25, 0.3) is 0 Å². The first-order valence-electron chi connectivity index (χ1n) is 7.78. The smallest absolute Gasteiger partial charge is 0.223 e. The van der Waals surface area contributed by atoms with Crippen LogP contribution in [0.2, 0.25) is 0 Å². The van der Waals surface area contributed by atoms with Crippen LogP contribution in [0.15, 0.2) is 24.3 Å². The van der Waals surface area contributed by atoms with Crippen LogP contribution in [0.1, 0.15) is 51.1 Å². The SMILES string of the molecule is CC(C)OCCCC(=O)N1CCC[C@@H]1c1ccc(O)cc1. The fraction of sp³-hybridized carbons (Fsp3) is 0.588. The third-order valence-corrected chi connectivity index (χ3v) is 3.84. The number of hydrogen-bond donors (Lipinski definition) is 1. The number of carbonyl (C=O) groups excluding carboxylic acids is 1. The van der Waals surface area contributed by atoms with E-state index in [2.05, 4.69) is 0 Å². The van der Waals surface area contributed by atoms with Crippen molar-refractivity contribution in [3.63, 3.8) is 0 Å².